The minimum absolute atomic E-state index is 0.143. The number of nitrogens with one attached hydrogen (secondary N) is 1. The SMILES string of the molecule is CCOC(=O)c1c(O)c2c(CC)c(C)ccc2[nH]c1=O. The van der Waals surface area contributed by atoms with E-state index in [4.69, 9.17) is 4.74 Å². The first-order chi connectivity index (χ1) is 9.51. The molecule has 1 heterocycles. The van der Waals surface area contributed by atoms with Crippen molar-refractivity contribution in [3.05, 3.63) is 39.2 Å². The second-order valence-corrected chi connectivity index (χ2v) is 4.54. The third kappa shape index (κ3) is 2.15. The van der Waals surface area contributed by atoms with Crippen LogP contribution in [0.3, 0.4) is 0 Å². The Labute approximate surface area is 116 Å². The van der Waals surface area contributed by atoms with E-state index in [0.29, 0.717) is 17.3 Å². The fraction of sp³-hybridized carbons (Fsp3) is 0.333. The van der Waals surface area contributed by atoms with Gasteiger partial charge in [-0.3, -0.25) is 4.79 Å². The van der Waals surface area contributed by atoms with Crippen LogP contribution in [-0.2, 0) is 11.2 Å². The third-order valence-electron chi connectivity index (χ3n) is 3.33. The van der Waals surface area contributed by atoms with Gasteiger partial charge in [-0.25, -0.2) is 4.79 Å². The van der Waals surface area contributed by atoms with Crippen molar-refractivity contribution in [1.82, 2.24) is 4.98 Å². The van der Waals surface area contributed by atoms with Crippen molar-refractivity contribution in [3.8, 4) is 5.75 Å². The number of esters is 1. The molecule has 2 rings (SSSR count). The summed E-state index contributed by atoms with van der Waals surface area (Å²) in [5.74, 6) is -1.11. The van der Waals surface area contributed by atoms with Gasteiger partial charge in [0.05, 0.1) is 12.1 Å². The fourth-order valence-corrected chi connectivity index (χ4v) is 2.39. The highest BCUT2D eigenvalue weighted by Gasteiger charge is 2.22. The summed E-state index contributed by atoms with van der Waals surface area (Å²) in [4.78, 5) is 26.4. The van der Waals surface area contributed by atoms with Crippen molar-refractivity contribution < 1.29 is 14.6 Å². The highest BCUT2D eigenvalue weighted by atomic mass is 16.5. The standard InChI is InChI=1S/C15H17NO4/c1-4-9-8(3)6-7-10-11(9)13(17)12(14(18)16-10)15(19)20-5-2/h6-7H,4-5H2,1-3H3,(H2,16,17,18). The van der Waals surface area contributed by atoms with Crippen LogP contribution in [0, 0.1) is 6.92 Å². The molecule has 0 radical (unpaired) electrons. The van der Waals surface area contributed by atoms with Gasteiger partial charge in [-0.1, -0.05) is 13.0 Å². The van der Waals surface area contributed by atoms with E-state index in [-0.39, 0.29) is 17.9 Å². The first-order valence-corrected chi connectivity index (χ1v) is 6.55. The van der Waals surface area contributed by atoms with Crippen molar-refractivity contribution in [2.75, 3.05) is 6.61 Å². The van der Waals surface area contributed by atoms with Crippen LogP contribution in [0.2, 0.25) is 0 Å². The van der Waals surface area contributed by atoms with E-state index in [1.54, 1.807) is 13.0 Å². The minimum Gasteiger partial charge on any atom is -0.506 e. The Kier molecular flexibility index (Phi) is 3.79. The van der Waals surface area contributed by atoms with E-state index in [0.717, 1.165) is 11.1 Å². The number of aromatic amines is 1. The predicted octanol–water partition coefficient (Wildman–Crippen LogP) is 2.28. The normalized spacial score (nSPS) is 10.8. The summed E-state index contributed by atoms with van der Waals surface area (Å²) >= 11 is 0. The number of pyridine rings is 1. The Morgan fingerprint density at radius 1 is 1.35 bits per heavy atom. The van der Waals surface area contributed by atoms with E-state index >= 15 is 0 Å². The monoisotopic (exact) mass is 275 g/mol. The number of carbonyl (C=O) groups is 1. The van der Waals surface area contributed by atoms with Crippen molar-refractivity contribution in [2.45, 2.75) is 27.2 Å². The number of benzene rings is 1. The lowest BCUT2D eigenvalue weighted by atomic mass is 9.98. The zero-order valence-electron chi connectivity index (χ0n) is 11.7. The maximum Gasteiger partial charge on any atom is 0.347 e. The molecule has 0 bridgehead atoms. The number of rotatable bonds is 3. The van der Waals surface area contributed by atoms with Gasteiger partial charge in [-0.05, 0) is 37.5 Å². The van der Waals surface area contributed by atoms with Crippen LogP contribution in [0.15, 0.2) is 16.9 Å². The van der Waals surface area contributed by atoms with Gasteiger partial charge in [0.15, 0.2) is 5.56 Å². The van der Waals surface area contributed by atoms with Gasteiger partial charge >= 0.3 is 5.97 Å². The van der Waals surface area contributed by atoms with E-state index in [9.17, 15) is 14.7 Å². The number of ether oxygens (including phenoxy) is 1. The summed E-state index contributed by atoms with van der Waals surface area (Å²) in [5.41, 5.74) is 1.45. The van der Waals surface area contributed by atoms with Crippen LogP contribution in [0.1, 0.15) is 35.3 Å². The van der Waals surface area contributed by atoms with Gasteiger partial charge in [0.1, 0.15) is 5.75 Å². The molecule has 20 heavy (non-hydrogen) atoms. The van der Waals surface area contributed by atoms with Gasteiger partial charge in [-0.15, -0.1) is 0 Å². The fourth-order valence-electron chi connectivity index (χ4n) is 2.39. The number of H-pyrrole nitrogens is 1. The predicted molar refractivity (Wildman–Crippen MR) is 76.3 cm³/mol. The van der Waals surface area contributed by atoms with Crippen molar-refractivity contribution in [3.63, 3.8) is 0 Å². The largest absolute Gasteiger partial charge is 0.506 e. The lowest BCUT2D eigenvalue weighted by Crippen LogP contribution is -2.20. The molecule has 2 aromatic rings. The number of hydrogen-bond acceptors (Lipinski definition) is 4. The molecule has 0 atom stereocenters. The van der Waals surface area contributed by atoms with Crippen LogP contribution in [-0.4, -0.2) is 22.7 Å². The number of aromatic hydroxyl groups is 1. The summed E-state index contributed by atoms with van der Waals surface area (Å²) < 4.78 is 4.82. The van der Waals surface area contributed by atoms with Crippen LogP contribution >= 0.6 is 0 Å². The lowest BCUT2D eigenvalue weighted by molar-refractivity contribution is 0.0521. The smallest absolute Gasteiger partial charge is 0.347 e. The number of aromatic nitrogens is 1. The number of carbonyl (C=O) groups excluding carboxylic acids is 1. The molecule has 0 aliphatic rings. The molecule has 0 amide bonds. The molecule has 1 aromatic carbocycles. The first-order valence-electron chi connectivity index (χ1n) is 6.55. The van der Waals surface area contributed by atoms with Crippen molar-refractivity contribution >= 4 is 16.9 Å². The maximum absolute atomic E-state index is 11.9. The van der Waals surface area contributed by atoms with Gasteiger partial charge in [0, 0.05) is 5.39 Å². The molecular weight excluding hydrogens is 258 g/mol. The zero-order valence-corrected chi connectivity index (χ0v) is 11.7. The highest BCUT2D eigenvalue weighted by molar-refractivity contribution is 6.00. The number of hydrogen-bond donors (Lipinski definition) is 2. The summed E-state index contributed by atoms with van der Waals surface area (Å²) in [6.45, 7) is 5.67. The lowest BCUT2D eigenvalue weighted by Gasteiger charge is -2.12. The van der Waals surface area contributed by atoms with Gasteiger partial charge in [0.2, 0.25) is 0 Å². The Hall–Kier alpha value is -2.30. The first kappa shape index (κ1) is 14.1. The van der Waals surface area contributed by atoms with Gasteiger partial charge in [-0.2, -0.15) is 0 Å². The summed E-state index contributed by atoms with van der Waals surface area (Å²) in [5, 5.41) is 10.9. The summed E-state index contributed by atoms with van der Waals surface area (Å²) in [7, 11) is 0. The Bertz CT molecular complexity index is 731. The van der Waals surface area contributed by atoms with Crippen molar-refractivity contribution in [2.24, 2.45) is 0 Å². The van der Waals surface area contributed by atoms with Gasteiger partial charge in [0.25, 0.3) is 5.56 Å². The molecule has 5 heteroatoms. The Morgan fingerprint density at radius 3 is 2.65 bits per heavy atom. The Balaban J connectivity index is 2.85. The van der Waals surface area contributed by atoms with Crippen LogP contribution in [0.5, 0.6) is 5.75 Å². The molecule has 0 aliphatic heterocycles. The molecule has 1 aromatic heterocycles. The van der Waals surface area contributed by atoms with E-state index in [2.05, 4.69) is 4.98 Å². The maximum atomic E-state index is 11.9. The van der Waals surface area contributed by atoms with E-state index in [1.165, 1.54) is 0 Å². The van der Waals surface area contributed by atoms with Crippen molar-refractivity contribution in [1.29, 1.82) is 0 Å². The minimum atomic E-state index is -0.809. The highest BCUT2D eigenvalue weighted by Crippen LogP contribution is 2.30. The van der Waals surface area contributed by atoms with E-state index < -0.39 is 11.5 Å². The van der Waals surface area contributed by atoms with Crippen LogP contribution < -0.4 is 5.56 Å². The van der Waals surface area contributed by atoms with E-state index in [1.807, 2.05) is 19.9 Å². The molecule has 0 aliphatic carbocycles. The average molecular weight is 275 g/mol. The molecule has 106 valence electrons. The number of fused-ring (bicyclic) bond motifs is 1. The third-order valence-corrected chi connectivity index (χ3v) is 3.33. The quantitative estimate of drug-likeness (QED) is 0.842. The van der Waals surface area contributed by atoms with Gasteiger partial charge < -0.3 is 14.8 Å². The molecule has 2 N–H and O–H groups in total. The van der Waals surface area contributed by atoms with Crippen LogP contribution in [0.25, 0.3) is 10.9 Å². The second kappa shape index (κ2) is 5.36. The summed E-state index contributed by atoms with van der Waals surface area (Å²) in [6, 6.07) is 3.60. The molecule has 0 spiro atoms. The average Bonchev–Trinajstić information content (AvgIpc) is 2.39. The molecular formula is C15H17NO4. The zero-order chi connectivity index (χ0) is 14.9. The van der Waals surface area contributed by atoms with Crippen LogP contribution in [0.4, 0.5) is 0 Å². The molecule has 5 nitrogen and oxygen atoms in total. The topological polar surface area (TPSA) is 79.4 Å². The molecule has 0 saturated heterocycles. The second-order valence-electron chi connectivity index (χ2n) is 4.54. The molecule has 0 unspecified atom stereocenters. The molecule has 0 fully saturated rings. The molecule has 0 saturated carbocycles. The Morgan fingerprint density at radius 2 is 2.05 bits per heavy atom. The number of aryl methyl sites for hydroxylation is 2. The summed E-state index contributed by atoms with van der Waals surface area (Å²) in [6.07, 6.45) is 0.686.